The van der Waals surface area contributed by atoms with E-state index in [0.717, 1.165) is 16.8 Å². The SMILES string of the molecule is Cc1ccc(-n2c(C=Cc3ccccc3)nc3ccccc3c2=O)c(C)c1. The Hall–Kier alpha value is -3.46. The highest BCUT2D eigenvalue weighted by Gasteiger charge is 2.12. The van der Waals surface area contributed by atoms with Gasteiger partial charge in [0.15, 0.2) is 0 Å². The molecule has 0 spiro atoms. The van der Waals surface area contributed by atoms with Crippen molar-refractivity contribution in [2.75, 3.05) is 0 Å². The van der Waals surface area contributed by atoms with Crippen LogP contribution in [0.4, 0.5) is 0 Å². The van der Waals surface area contributed by atoms with E-state index in [1.54, 1.807) is 4.57 Å². The van der Waals surface area contributed by atoms with Crippen LogP contribution in [0.1, 0.15) is 22.5 Å². The third-order valence-corrected chi connectivity index (χ3v) is 4.62. The highest BCUT2D eigenvalue weighted by Crippen LogP contribution is 2.19. The molecule has 0 bridgehead atoms. The molecule has 27 heavy (non-hydrogen) atoms. The predicted octanol–water partition coefficient (Wildman–Crippen LogP) is 5.17. The van der Waals surface area contributed by atoms with Gasteiger partial charge >= 0.3 is 0 Å². The molecule has 0 aliphatic rings. The number of rotatable bonds is 3. The van der Waals surface area contributed by atoms with Gasteiger partial charge < -0.3 is 0 Å². The second-order valence-electron chi connectivity index (χ2n) is 6.66. The maximum Gasteiger partial charge on any atom is 0.266 e. The maximum absolute atomic E-state index is 13.3. The zero-order chi connectivity index (χ0) is 18.8. The van der Waals surface area contributed by atoms with Crippen molar-refractivity contribution in [3.05, 3.63) is 106 Å². The van der Waals surface area contributed by atoms with Crippen LogP contribution in [-0.2, 0) is 0 Å². The molecule has 4 rings (SSSR count). The van der Waals surface area contributed by atoms with Gasteiger partial charge in [-0.2, -0.15) is 0 Å². The summed E-state index contributed by atoms with van der Waals surface area (Å²) in [6.07, 6.45) is 3.89. The number of fused-ring (bicyclic) bond motifs is 1. The minimum absolute atomic E-state index is 0.0553. The first-order valence-electron chi connectivity index (χ1n) is 8.96. The van der Waals surface area contributed by atoms with E-state index in [1.807, 2.05) is 85.8 Å². The third-order valence-electron chi connectivity index (χ3n) is 4.62. The number of aryl methyl sites for hydroxylation is 2. The van der Waals surface area contributed by atoms with Crippen molar-refractivity contribution >= 4 is 23.1 Å². The molecule has 1 heterocycles. The van der Waals surface area contributed by atoms with Gasteiger partial charge in [0.25, 0.3) is 5.56 Å². The molecule has 0 aliphatic heterocycles. The molecule has 3 heteroatoms. The van der Waals surface area contributed by atoms with Gasteiger partial charge in [-0.1, -0.05) is 66.2 Å². The molecule has 0 fully saturated rings. The fraction of sp³-hybridized carbons (Fsp3) is 0.0833. The topological polar surface area (TPSA) is 34.9 Å². The highest BCUT2D eigenvalue weighted by molar-refractivity contribution is 5.80. The highest BCUT2D eigenvalue weighted by atomic mass is 16.1. The molecule has 0 saturated carbocycles. The second kappa shape index (κ2) is 7.04. The molecular weight excluding hydrogens is 332 g/mol. The van der Waals surface area contributed by atoms with Gasteiger partial charge in [-0.05, 0) is 49.2 Å². The minimum Gasteiger partial charge on any atom is -0.268 e. The molecule has 0 atom stereocenters. The normalized spacial score (nSPS) is 11.3. The van der Waals surface area contributed by atoms with Crippen molar-refractivity contribution in [1.82, 2.24) is 9.55 Å². The summed E-state index contributed by atoms with van der Waals surface area (Å²) in [5.41, 5.74) is 4.78. The van der Waals surface area contributed by atoms with Crippen LogP contribution in [0.2, 0.25) is 0 Å². The van der Waals surface area contributed by atoms with Crippen LogP contribution in [0.3, 0.4) is 0 Å². The minimum atomic E-state index is -0.0553. The zero-order valence-electron chi connectivity index (χ0n) is 15.4. The lowest BCUT2D eigenvalue weighted by Gasteiger charge is -2.14. The summed E-state index contributed by atoms with van der Waals surface area (Å²) in [5.74, 6) is 0.620. The predicted molar refractivity (Wildman–Crippen MR) is 112 cm³/mol. The molecular formula is C24H20N2O. The summed E-state index contributed by atoms with van der Waals surface area (Å²) in [7, 11) is 0. The molecule has 1 aromatic heterocycles. The van der Waals surface area contributed by atoms with Crippen LogP contribution in [-0.4, -0.2) is 9.55 Å². The number of hydrogen-bond acceptors (Lipinski definition) is 2. The van der Waals surface area contributed by atoms with Crippen molar-refractivity contribution in [2.24, 2.45) is 0 Å². The molecule has 0 saturated heterocycles. The third kappa shape index (κ3) is 3.32. The van der Waals surface area contributed by atoms with Crippen molar-refractivity contribution < 1.29 is 0 Å². The van der Waals surface area contributed by atoms with Crippen LogP contribution in [0, 0.1) is 13.8 Å². The van der Waals surface area contributed by atoms with E-state index in [-0.39, 0.29) is 5.56 Å². The second-order valence-corrected chi connectivity index (χ2v) is 6.66. The first-order chi connectivity index (χ1) is 13.1. The molecule has 0 unspecified atom stereocenters. The van der Waals surface area contributed by atoms with E-state index in [4.69, 9.17) is 4.98 Å². The largest absolute Gasteiger partial charge is 0.268 e. The van der Waals surface area contributed by atoms with Crippen LogP contribution in [0.25, 0.3) is 28.7 Å². The van der Waals surface area contributed by atoms with Gasteiger partial charge in [-0.3, -0.25) is 9.36 Å². The Morgan fingerprint density at radius 3 is 2.37 bits per heavy atom. The summed E-state index contributed by atoms with van der Waals surface area (Å²) in [5, 5.41) is 0.620. The van der Waals surface area contributed by atoms with Gasteiger partial charge in [0.05, 0.1) is 16.6 Å². The fourth-order valence-electron chi connectivity index (χ4n) is 3.29. The lowest BCUT2D eigenvalue weighted by Crippen LogP contribution is -2.23. The monoisotopic (exact) mass is 352 g/mol. The maximum atomic E-state index is 13.3. The molecule has 4 aromatic rings. The zero-order valence-corrected chi connectivity index (χ0v) is 15.4. The first kappa shape index (κ1) is 17.0. The first-order valence-corrected chi connectivity index (χ1v) is 8.96. The van der Waals surface area contributed by atoms with Crippen molar-refractivity contribution in [2.45, 2.75) is 13.8 Å². The van der Waals surface area contributed by atoms with E-state index in [2.05, 4.69) is 13.0 Å². The van der Waals surface area contributed by atoms with Gasteiger partial charge in [-0.15, -0.1) is 0 Å². The van der Waals surface area contributed by atoms with Crippen molar-refractivity contribution in [3.63, 3.8) is 0 Å². The Morgan fingerprint density at radius 2 is 1.59 bits per heavy atom. The molecule has 0 N–H and O–H groups in total. The molecule has 0 amide bonds. The van der Waals surface area contributed by atoms with E-state index >= 15 is 0 Å². The van der Waals surface area contributed by atoms with E-state index in [0.29, 0.717) is 16.7 Å². The Bertz CT molecular complexity index is 1200. The summed E-state index contributed by atoms with van der Waals surface area (Å²) in [4.78, 5) is 18.1. The van der Waals surface area contributed by atoms with Gasteiger partial charge in [-0.25, -0.2) is 4.98 Å². The number of aromatic nitrogens is 2. The Balaban J connectivity index is 1.98. The summed E-state index contributed by atoms with van der Waals surface area (Å²) in [6, 6.07) is 23.6. The van der Waals surface area contributed by atoms with Crippen LogP contribution >= 0.6 is 0 Å². The summed E-state index contributed by atoms with van der Waals surface area (Å²) in [6.45, 7) is 4.07. The van der Waals surface area contributed by atoms with Crippen LogP contribution < -0.4 is 5.56 Å². The molecule has 132 valence electrons. The van der Waals surface area contributed by atoms with E-state index in [9.17, 15) is 4.79 Å². The van der Waals surface area contributed by atoms with E-state index in [1.165, 1.54) is 5.56 Å². The smallest absolute Gasteiger partial charge is 0.266 e. The van der Waals surface area contributed by atoms with Crippen LogP contribution in [0.15, 0.2) is 77.6 Å². The molecule has 3 nitrogen and oxygen atoms in total. The number of benzene rings is 3. The number of hydrogen-bond donors (Lipinski definition) is 0. The average molecular weight is 352 g/mol. The fourth-order valence-corrected chi connectivity index (χ4v) is 3.29. The van der Waals surface area contributed by atoms with Gasteiger partial charge in [0, 0.05) is 0 Å². The van der Waals surface area contributed by atoms with Crippen LogP contribution in [0.5, 0.6) is 0 Å². The van der Waals surface area contributed by atoms with Gasteiger partial charge in [0.1, 0.15) is 5.82 Å². The number of nitrogens with zero attached hydrogens (tertiary/aromatic N) is 2. The van der Waals surface area contributed by atoms with E-state index < -0.39 is 0 Å². The van der Waals surface area contributed by atoms with Crippen molar-refractivity contribution in [1.29, 1.82) is 0 Å². The summed E-state index contributed by atoms with van der Waals surface area (Å²) < 4.78 is 1.70. The van der Waals surface area contributed by atoms with Gasteiger partial charge in [0.2, 0.25) is 0 Å². The summed E-state index contributed by atoms with van der Waals surface area (Å²) >= 11 is 0. The average Bonchev–Trinajstić information content (AvgIpc) is 2.68. The molecule has 0 radical (unpaired) electrons. The molecule has 3 aromatic carbocycles. The lowest BCUT2D eigenvalue weighted by atomic mass is 10.1. The quantitative estimate of drug-likeness (QED) is 0.510. The molecule has 0 aliphatic carbocycles. The lowest BCUT2D eigenvalue weighted by molar-refractivity contribution is 0.933. The standard InChI is InChI=1S/C24H20N2O/c1-17-12-14-22(18(2)16-17)26-23(15-13-19-8-4-3-5-9-19)25-21-11-7-6-10-20(21)24(26)27/h3-16H,1-2H3. The number of para-hydroxylation sites is 1. The Labute approximate surface area is 158 Å². The van der Waals surface area contributed by atoms with Crippen molar-refractivity contribution in [3.8, 4) is 5.69 Å². The Morgan fingerprint density at radius 1 is 0.852 bits per heavy atom. The Kier molecular flexibility index (Phi) is 4.43.